The minimum Gasteiger partial charge on any atom is -0.374 e. The van der Waals surface area contributed by atoms with Gasteiger partial charge in [-0.2, -0.15) is 0 Å². The summed E-state index contributed by atoms with van der Waals surface area (Å²) in [6, 6.07) is 9.09. The van der Waals surface area contributed by atoms with Gasteiger partial charge in [0.05, 0.1) is 19.8 Å². The van der Waals surface area contributed by atoms with Crippen molar-refractivity contribution in [2.75, 3.05) is 13.2 Å². The smallest absolute Gasteiger partial charge is 0.192 e. The lowest BCUT2D eigenvalue weighted by Gasteiger charge is -2.43. The van der Waals surface area contributed by atoms with Gasteiger partial charge in [0.2, 0.25) is 0 Å². The molecule has 4 nitrogen and oxygen atoms in total. The van der Waals surface area contributed by atoms with Crippen molar-refractivity contribution < 1.29 is 4.74 Å². The summed E-state index contributed by atoms with van der Waals surface area (Å²) in [7, 11) is 0. The fourth-order valence-electron chi connectivity index (χ4n) is 3.29. The molecule has 0 bridgehead atoms. The first-order valence-electron chi connectivity index (χ1n) is 6.57. The average molecular weight is 243 g/mol. The van der Waals surface area contributed by atoms with Crippen LogP contribution >= 0.6 is 0 Å². The predicted octanol–water partition coefficient (Wildman–Crippen LogP) is 1.20. The lowest BCUT2D eigenvalue weighted by Crippen LogP contribution is -2.55. The number of hydrogen-bond acceptors (Lipinski definition) is 4. The van der Waals surface area contributed by atoms with Gasteiger partial charge in [-0.1, -0.05) is 24.3 Å². The summed E-state index contributed by atoms with van der Waals surface area (Å²) in [6.45, 7) is 2.13. The summed E-state index contributed by atoms with van der Waals surface area (Å²) in [5.74, 6) is 0.692. The molecule has 1 fully saturated rings. The molecule has 0 saturated heterocycles. The van der Waals surface area contributed by atoms with E-state index < -0.39 is 0 Å². The Bertz CT molecular complexity index is 524. The van der Waals surface area contributed by atoms with E-state index in [1.165, 1.54) is 24.0 Å². The third-order valence-corrected chi connectivity index (χ3v) is 4.24. The number of guanidine groups is 1. The highest BCUT2D eigenvalue weighted by Gasteiger charge is 2.52. The van der Waals surface area contributed by atoms with Gasteiger partial charge in [-0.15, -0.1) is 0 Å². The molecule has 1 spiro atoms. The Morgan fingerprint density at radius 1 is 1.33 bits per heavy atom. The van der Waals surface area contributed by atoms with E-state index in [4.69, 9.17) is 10.5 Å². The van der Waals surface area contributed by atoms with Crippen molar-refractivity contribution in [1.29, 1.82) is 0 Å². The zero-order chi connectivity index (χ0) is 12.2. The second kappa shape index (κ2) is 3.48. The average Bonchev–Trinajstić information content (AvgIpc) is 3.17. The highest BCUT2D eigenvalue weighted by molar-refractivity contribution is 5.82. The standard InChI is InChI=1S/C14H17N3O/c15-13-16-8-14(17(13)11-5-6-11)9-18-7-10-3-1-2-4-12(10)14/h1-4,11H,5-9H2,(H2,15,16). The molecule has 2 N–H and O–H groups in total. The fraction of sp³-hybridized carbons (Fsp3) is 0.500. The van der Waals surface area contributed by atoms with Gasteiger partial charge in [0.15, 0.2) is 5.96 Å². The van der Waals surface area contributed by atoms with Crippen LogP contribution in [-0.4, -0.2) is 30.1 Å². The molecule has 3 aliphatic rings. The SMILES string of the molecule is NC1=NCC2(COCc3ccccc32)N1C1CC1. The molecule has 0 amide bonds. The van der Waals surface area contributed by atoms with E-state index in [-0.39, 0.29) is 5.54 Å². The molecular formula is C14H17N3O. The summed E-state index contributed by atoms with van der Waals surface area (Å²) in [5.41, 5.74) is 8.60. The van der Waals surface area contributed by atoms with Crippen LogP contribution in [0, 0.1) is 0 Å². The molecule has 1 aromatic carbocycles. The van der Waals surface area contributed by atoms with Crippen LogP contribution in [-0.2, 0) is 16.9 Å². The number of aliphatic imine (C=N–C) groups is 1. The zero-order valence-corrected chi connectivity index (χ0v) is 10.3. The molecule has 4 heteroatoms. The van der Waals surface area contributed by atoms with Gasteiger partial charge in [0, 0.05) is 6.04 Å². The number of nitrogens with zero attached hydrogens (tertiary/aromatic N) is 2. The van der Waals surface area contributed by atoms with E-state index in [2.05, 4.69) is 34.2 Å². The van der Waals surface area contributed by atoms with Gasteiger partial charge < -0.3 is 15.4 Å². The van der Waals surface area contributed by atoms with Crippen LogP contribution in [0.4, 0.5) is 0 Å². The number of rotatable bonds is 1. The maximum absolute atomic E-state index is 6.10. The van der Waals surface area contributed by atoms with Crippen LogP contribution in [0.2, 0.25) is 0 Å². The normalized spacial score (nSPS) is 30.4. The Morgan fingerprint density at radius 3 is 3.00 bits per heavy atom. The van der Waals surface area contributed by atoms with Gasteiger partial charge in [-0.25, -0.2) is 0 Å². The van der Waals surface area contributed by atoms with Crippen LogP contribution in [0.15, 0.2) is 29.3 Å². The molecule has 0 aromatic heterocycles. The molecule has 1 aromatic rings. The van der Waals surface area contributed by atoms with Crippen molar-refractivity contribution in [3.63, 3.8) is 0 Å². The zero-order valence-electron chi connectivity index (χ0n) is 10.3. The van der Waals surface area contributed by atoms with E-state index in [0.29, 0.717) is 25.2 Å². The van der Waals surface area contributed by atoms with E-state index in [9.17, 15) is 0 Å². The molecule has 2 heterocycles. The largest absolute Gasteiger partial charge is 0.374 e. The maximum Gasteiger partial charge on any atom is 0.192 e. The van der Waals surface area contributed by atoms with Crippen LogP contribution in [0.1, 0.15) is 24.0 Å². The van der Waals surface area contributed by atoms with Crippen molar-refractivity contribution in [1.82, 2.24) is 4.90 Å². The second-order valence-electron chi connectivity index (χ2n) is 5.46. The molecule has 1 atom stereocenters. The van der Waals surface area contributed by atoms with Gasteiger partial charge in [0.1, 0.15) is 5.54 Å². The van der Waals surface area contributed by atoms with Crippen LogP contribution in [0.5, 0.6) is 0 Å². The quantitative estimate of drug-likeness (QED) is 0.806. The van der Waals surface area contributed by atoms with E-state index >= 15 is 0 Å². The summed E-state index contributed by atoms with van der Waals surface area (Å²) in [4.78, 5) is 6.81. The third-order valence-electron chi connectivity index (χ3n) is 4.24. The first kappa shape index (κ1) is 10.4. The molecule has 4 rings (SSSR count). The topological polar surface area (TPSA) is 50.9 Å². The third kappa shape index (κ3) is 1.27. The summed E-state index contributed by atoms with van der Waals surface area (Å²) < 4.78 is 5.82. The lowest BCUT2D eigenvalue weighted by molar-refractivity contribution is 0.00333. The van der Waals surface area contributed by atoms with Crippen molar-refractivity contribution >= 4 is 5.96 Å². The Kier molecular flexibility index (Phi) is 2.01. The second-order valence-corrected chi connectivity index (χ2v) is 5.46. The van der Waals surface area contributed by atoms with Crippen LogP contribution in [0.25, 0.3) is 0 Å². The fourth-order valence-corrected chi connectivity index (χ4v) is 3.29. The minimum atomic E-state index is -0.139. The molecule has 2 aliphatic heterocycles. The van der Waals surface area contributed by atoms with Crippen molar-refractivity contribution in [2.24, 2.45) is 10.7 Å². The number of ether oxygens (including phenoxy) is 1. The number of fused-ring (bicyclic) bond motifs is 2. The maximum atomic E-state index is 6.10. The van der Waals surface area contributed by atoms with Crippen molar-refractivity contribution in [3.8, 4) is 0 Å². The predicted molar refractivity (Wildman–Crippen MR) is 69.1 cm³/mol. The molecule has 1 aliphatic carbocycles. The summed E-state index contributed by atoms with van der Waals surface area (Å²) in [5, 5.41) is 0. The van der Waals surface area contributed by atoms with E-state index in [0.717, 1.165) is 6.54 Å². The number of benzene rings is 1. The Balaban J connectivity index is 1.85. The van der Waals surface area contributed by atoms with Gasteiger partial charge >= 0.3 is 0 Å². The number of nitrogens with two attached hydrogens (primary N) is 1. The van der Waals surface area contributed by atoms with E-state index in [1.54, 1.807) is 0 Å². The number of hydrogen-bond donors (Lipinski definition) is 1. The van der Waals surface area contributed by atoms with Gasteiger partial charge in [0.25, 0.3) is 0 Å². The van der Waals surface area contributed by atoms with Gasteiger partial charge in [-0.05, 0) is 24.0 Å². The van der Waals surface area contributed by atoms with Gasteiger partial charge in [-0.3, -0.25) is 4.99 Å². The van der Waals surface area contributed by atoms with Crippen molar-refractivity contribution in [3.05, 3.63) is 35.4 Å². The Morgan fingerprint density at radius 2 is 2.17 bits per heavy atom. The first-order chi connectivity index (χ1) is 8.81. The minimum absolute atomic E-state index is 0.139. The van der Waals surface area contributed by atoms with E-state index in [1.807, 2.05) is 0 Å². The van der Waals surface area contributed by atoms with Crippen molar-refractivity contribution in [2.45, 2.75) is 31.0 Å². The lowest BCUT2D eigenvalue weighted by atomic mass is 9.84. The highest BCUT2D eigenvalue weighted by Crippen LogP contribution is 2.44. The molecule has 1 unspecified atom stereocenters. The molecule has 18 heavy (non-hydrogen) atoms. The van der Waals surface area contributed by atoms with Crippen LogP contribution < -0.4 is 5.73 Å². The molecular weight excluding hydrogens is 226 g/mol. The monoisotopic (exact) mass is 243 g/mol. The highest BCUT2D eigenvalue weighted by atomic mass is 16.5. The summed E-state index contributed by atoms with van der Waals surface area (Å²) in [6.07, 6.45) is 2.44. The molecule has 1 saturated carbocycles. The van der Waals surface area contributed by atoms with Crippen LogP contribution in [0.3, 0.4) is 0 Å². The summed E-state index contributed by atoms with van der Waals surface area (Å²) >= 11 is 0. The molecule has 0 radical (unpaired) electrons. The Hall–Kier alpha value is -1.55. The Labute approximate surface area is 106 Å². The molecule has 94 valence electrons. The first-order valence-corrected chi connectivity index (χ1v) is 6.57.